The molecule has 21 heavy (non-hydrogen) atoms. The number of carboxylic acid groups (broad SMARTS) is 1. The summed E-state index contributed by atoms with van der Waals surface area (Å²) in [7, 11) is -4.44. The number of ether oxygens (including phenoxy) is 1. The third-order valence-corrected chi connectivity index (χ3v) is 5.21. The second-order valence-corrected chi connectivity index (χ2v) is 6.73. The molecule has 1 heterocycles. The van der Waals surface area contributed by atoms with Crippen LogP contribution < -0.4 is 4.72 Å². The Labute approximate surface area is 125 Å². The Morgan fingerprint density at radius 1 is 1.48 bits per heavy atom. The quantitative estimate of drug-likeness (QED) is 0.866. The van der Waals surface area contributed by atoms with Crippen molar-refractivity contribution in [1.29, 1.82) is 0 Å². The Morgan fingerprint density at radius 2 is 2.19 bits per heavy atom. The molecule has 2 rings (SSSR count). The molecule has 0 spiro atoms. The highest BCUT2D eigenvalue weighted by atomic mass is 35.5. The molecule has 1 aromatic rings. The van der Waals surface area contributed by atoms with E-state index in [0.29, 0.717) is 13.0 Å². The van der Waals surface area contributed by atoms with Gasteiger partial charge in [0, 0.05) is 6.61 Å². The van der Waals surface area contributed by atoms with Gasteiger partial charge in [0.1, 0.15) is 10.7 Å². The summed E-state index contributed by atoms with van der Waals surface area (Å²) in [4.78, 5) is 10.7. The first-order chi connectivity index (χ1) is 9.78. The van der Waals surface area contributed by atoms with Crippen LogP contribution in [-0.4, -0.2) is 38.2 Å². The lowest BCUT2D eigenvalue weighted by molar-refractivity contribution is -0.149. The van der Waals surface area contributed by atoms with E-state index in [2.05, 4.69) is 0 Å². The van der Waals surface area contributed by atoms with E-state index in [1.165, 1.54) is 12.1 Å². The second-order valence-electron chi connectivity index (χ2n) is 4.70. The van der Waals surface area contributed by atoms with Gasteiger partial charge in [0.05, 0.1) is 11.6 Å². The van der Waals surface area contributed by atoms with E-state index >= 15 is 0 Å². The van der Waals surface area contributed by atoms with E-state index in [0.717, 1.165) is 6.07 Å². The zero-order valence-corrected chi connectivity index (χ0v) is 12.4. The molecule has 0 aromatic heterocycles. The van der Waals surface area contributed by atoms with E-state index in [1.807, 2.05) is 4.72 Å². The predicted octanol–water partition coefficient (Wildman–Crippen LogP) is 1.39. The van der Waals surface area contributed by atoms with Crippen molar-refractivity contribution in [1.82, 2.24) is 4.72 Å². The van der Waals surface area contributed by atoms with Gasteiger partial charge in [-0.3, -0.25) is 4.79 Å². The normalized spacial score (nSPS) is 23.0. The highest BCUT2D eigenvalue weighted by molar-refractivity contribution is 7.89. The van der Waals surface area contributed by atoms with Crippen LogP contribution in [0.2, 0.25) is 5.02 Å². The predicted molar refractivity (Wildman–Crippen MR) is 72.2 cm³/mol. The molecule has 0 radical (unpaired) electrons. The molecule has 1 aromatic carbocycles. The first kappa shape index (κ1) is 16.2. The molecular weight excluding hydrogens is 325 g/mol. The van der Waals surface area contributed by atoms with Crippen LogP contribution in [0.15, 0.2) is 23.1 Å². The Bertz CT molecular complexity index is 637. The van der Waals surface area contributed by atoms with Crippen LogP contribution >= 0.6 is 11.6 Å². The molecule has 0 amide bonds. The van der Waals surface area contributed by atoms with Crippen LogP contribution in [0.1, 0.15) is 12.8 Å². The maximum atomic E-state index is 13.7. The highest BCUT2D eigenvalue weighted by Crippen LogP contribution is 2.28. The highest BCUT2D eigenvalue weighted by Gasteiger charge is 2.45. The lowest BCUT2D eigenvalue weighted by Gasteiger charge is -2.33. The minimum absolute atomic E-state index is 0.0492. The van der Waals surface area contributed by atoms with Crippen molar-refractivity contribution in [3.8, 4) is 0 Å². The van der Waals surface area contributed by atoms with Crippen molar-refractivity contribution in [2.75, 3.05) is 13.2 Å². The van der Waals surface area contributed by atoms with Gasteiger partial charge in [0.15, 0.2) is 5.54 Å². The molecule has 1 aliphatic rings. The minimum atomic E-state index is -4.44. The Morgan fingerprint density at radius 3 is 2.71 bits per heavy atom. The number of nitrogens with one attached hydrogen (secondary N) is 1. The second kappa shape index (κ2) is 5.88. The molecule has 1 aliphatic heterocycles. The van der Waals surface area contributed by atoms with Crippen molar-refractivity contribution in [2.24, 2.45) is 0 Å². The third kappa shape index (κ3) is 3.18. The molecule has 1 saturated heterocycles. The summed E-state index contributed by atoms with van der Waals surface area (Å²) in [5.41, 5.74) is -1.82. The summed E-state index contributed by atoms with van der Waals surface area (Å²) in [6, 6.07) is 3.41. The third-order valence-electron chi connectivity index (χ3n) is 3.17. The van der Waals surface area contributed by atoms with Crippen molar-refractivity contribution >= 4 is 27.6 Å². The number of hydrogen-bond acceptors (Lipinski definition) is 4. The lowest BCUT2D eigenvalue weighted by Crippen LogP contribution is -2.59. The van der Waals surface area contributed by atoms with Crippen molar-refractivity contribution < 1.29 is 27.4 Å². The number of rotatable bonds is 4. The number of sulfonamides is 1. The van der Waals surface area contributed by atoms with Gasteiger partial charge in [-0.15, -0.1) is 0 Å². The van der Waals surface area contributed by atoms with Gasteiger partial charge in [0.2, 0.25) is 10.0 Å². The number of carbonyl (C=O) groups is 1. The first-order valence-corrected chi connectivity index (χ1v) is 7.94. The lowest BCUT2D eigenvalue weighted by atomic mass is 9.94. The van der Waals surface area contributed by atoms with Crippen molar-refractivity contribution in [3.63, 3.8) is 0 Å². The van der Waals surface area contributed by atoms with Gasteiger partial charge in [-0.05, 0) is 25.0 Å². The average molecular weight is 338 g/mol. The topological polar surface area (TPSA) is 92.7 Å². The van der Waals surface area contributed by atoms with Gasteiger partial charge < -0.3 is 9.84 Å². The molecule has 1 atom stereocenters. The number of benzene rings is 1. The van der Waals surface area contributed by atoms with Gasteiger partial charge in [-0.25, -0.2) is 12.8 Å². The molecule has 116 valence electrons. The largest absolute Gasteiger partial charge is 0.480 e. The van der Waals surface area contributed by atoms with E-state index in [1.54, 1.807) is 0 Å². The molecule has 0 bridgehead atoms. The smallest absolute Gasteiger partial charge is 0.327 e. The van der Waals surface area contributed by atoms with Crippen molar-refractivity contribution in [2.45, 2.75) is 23.3 Å². The summed E-state index contributed by atoms with van der Waals surface area (Å²) < 4.78 is 45.4. The van der Waals surface area contributed by atoms with Crippen LogP contribution in [0.5, 0.6) is 0 Å². The molecule has 1 unspecified atom stereocenters. The van der Waals surface area contributed by atoms with Crippen molar-refractivity contribution in [3.05, 3.63) is 29.0 Å². The number of hydrogen-bond donors (Lipinski definition) is 2. The zero-order valence-electron chi connectivity index (χ0n) is 10.8. The minimum Gasteiger partial charge on any atom is -0.480 e. The standard InChI is InChI=1S/C12H13ClFNO5S/c13-8-3-1-4-9(14)10(8)21(18,19)15-12(11(16)17)5-2-6-20-7-12/h1,3-4,15H,2,5-7H2,(H,16,17). The molecule has 2 N–H and O–H groups in total. The summed E-state index contributed by atoms with van der Waals surface area (Å²) in [6.45, 7) is 0.0187. The molecule has 9 heteroatoms. The number of halogens is 2. The Kier molecular flexibility index (Phi) is 4.52. The fourth-order valence-electron chi connectivity index (χ4n) is 2.13. The van der Waals surface area contributed by atoms with E-state index in [-0.39, 0.29) is 18.1 Å². The van der Waals surface area contributed by atoms with Crippen LogP contribution in [0.25, 0.3) is 0 Å². The fraction of sp³-hybridized carbons (Fsp3) is 0.417. The van der Waals surface area contributed by atoms with Crippen LogP contribution in [0.4, 0.5) is 4.39 Å². The van der Waals surface area contributed by atoms with E-state index in [4.69, 9.17) is 16.3 Å². The molecular formula is C12H13ClFNO5S. The first-order valence-electron chi connectivity index (χ1n) is 6.08. The van der Waals surface area contributed by atoms with Gasteiger partial charge in [0.25, 0.3) is 0 Å². The maximum Gasteiger partial charge on any atom is 0.327 e. The number of aliphatic carboxylic acids is 1. The Hall–Kier alpha value is -1.22. The fourth-order valence-corrected chi connectivity index (χ4v) is 4.12. The molecule has 1 fully saturated rings. The molecule has 6 nitrogen and oxygen atoms in total. The van der Waals surface area contributed by atoms with Crippen LogP contribution in [0.3, 0.4) is 0 Å². The molecule has 0 saturated carbocycles. The maximum absolute atomic E-state index is 13.7. The van der Waals surface area contributed by atoms with Gasteiger partial charge in [-0.2, -0.15) is 4.72 Å². The summed E-state index contributed by atoms with van der Waals surface area (Å²) >= 11 is 5.72. The van der Waals surface area contributed by atoms with Crippen LogP contribution in [0, 0.1) is 5.82 Å². The number of carboxylic acids is 1. The monoisotopic (exact) mass is 337 g/mol. The van der Waals surface area contributed by atoms with E-state index < -0.39 is 32.2 Å². The van der Waals surface area contributed by atoms with Crippen LogP contribution in [-0.2, 0) is 19.6 Å². The van der Waals surface area contributed by atoms with Gasteiger partial charge >= 0.3 is 5.97 Å². The summed E-state index contributed by atoms with van der Waals surface area (Å²) in [5.74, 6) is -2.43. The van der Waals surface area contributed by atoms with E-state index in [9.17, 15) is 22.7 Å². The Balaban J connectivity index is 2.42. The zero-order chi connectivity index (χ0) is 15.7. The van der Waals surface area contributed by atoms with Gasteiger partial charge in [-0.1, -0.05) is 17.7 Å². The SMILES string of the molecule is O=C(O)C1(NS(=O)(=O)c2c(F)cccc2Cl)CCCOC1. The molecule has 0 aliphatic carbocycles. The summed E-state index contributed by atoms with van der Waals surface area (Å²) in [6.07, 6.45) is 0.424. The average Bonchev–Trinajstić information content (AvgIpc) is 2.38. The summed E-state index contributed by atoms with van der Waals surface area (Å²) in [5, 5.41) is 8.98.